The molecule has 2 aliphatic carbocycles. The topological polar surface area (TPSA) is 35.0 Å². The summed E-state index contributed by atoms with van der Waals surface area (Å²) in [6.45, 7) is 12.0. The highest BCUT2D eigenvalue weighted by Gasteiger charge is 2.30. The first-order valence-corrected chi connectivity index (χ1v) is 14.0. The largest absolute Gasteiger partial charge is 0.477 e. The molecule has 4 heteroatoms. The van der Waals surface area contributed by atoms with Gasteiger partial charge in [-0.15, -0.1) is 0 Å². The van der Waals surface area contributed by atoms with Crippen LogP contribution in [0, 0.1) is 43.3 Å². The molecule has 1 atom stereocenters. The Bertz CT molecular complexity index is 938. The molecule has 0 N–H and O–H groups in total. The predicted octanol–water partition coefficient (Wildman–Crippen LogP) is 8.54. The van der Waals surface area contributed by atoms with Crippen molar-refractivity contribution >= 4 is 0 Å². The van der Waals surface area contributed by atoms with Crippen molar-refractivity contribution in [1.82, 2.24) is 9.97 Å². The van der Waals surface area contributed by atoms with E-state index < -0.39 is 0 Å². The molecule has 2 saturated carbocycles. The quantitative estimate of drug-likeness (QED) is 0.380. The van der Waals surface area contributed by atoms with E-state index in [9.17, 15) is 4.39 Å². The smallest absolute Gasteiger partial charge is 0.217 e. The van der Waals surface area contributed by atoms with Crippen LogP contribution >= 0.6 is 0 Å². The molecule has 0 amide bonds. The fraction of sp³-hybridized carbons (Fsp3) is 0.677. The fourth-order valence-electron chi connectivity index (χ4n) is 6.84. The van der Waals surface area contributed by atoms with Crippen LogP contribution in [0.4, 0.5) is 4.39 Å². The Kier molecular flexibility index (Phi) is 8.83. The number of halogens is 1. The number of ether oxygens (including phenoxy) is 1. The molecular weight excluding hydrogens is 435 g/mol. The van der Waals surface area contributed by atoms with Crippen LogP contribution in [0.5, 0.6) is 5.88 Å². The van der Waals surface area contributed by atoms with E-state index in [0.717, 1.165) is 54.7 Å². The van der Waals surface area contributed by atoms with Gasteiger partial charge in [-0.2, -0.15) is 0 Å². The first-order valence-electron chi connectivity index (χ1n) is 14.0. The molecule has 4 rings (SSSR count). The molecule has 0 spiro atoms. The summed E-state index contributed by atoms with van der Waals surface area (Å²) < 4.78 is 20.7. The second-order valence-electron chi connectivity index (χ2n) is 11.8. The van der Waals surface area contributed by atoms with Gasteiger partial charge in [0.15, 0.2) is 0 Å². The molecule has 2 heterocycles. The minimum Gasteiger partial charge on any atom is -0.477 e. The van der Waals surface area contributed by atoms with Crippen molar-refractivity contribution < 1.29 is 9.13 Å². The molecule has 2 aromatic heterocycles. The summed E-state index contributed by atoms with van der Waals surface area (Å²) in [5.74, 6) is 4.60. The molecule has 35 heavy (non-hydrogen) atoms. The fourth-order valence-corrected chi connectivity index (χ4v) is 6.84. The molecule has 0 radical (unpaired) electrons. The van der Waals surface area contributed by atoms with Crippen LogP contribution in [0.25, 0.3) is 0 Å². The normalized spacial score (nSPS) is 26.0. The highest BCUT2D eigenvalue weighted by molar-refractivity contribution is 5.37. The lowest BCUT2D eigenvalue weighted by Gasteiger charge is -2.33. The van der Waals surface area contributed by atoms with Gasteiger partial charge in [-0.05, 0) is 130 Å². The van der Waals surface area contributed by atoms with Crippen LogP contribution in [0.1, 0.15) is 113 Å². The van der Waals surface area contributed by atoms with Crippen LogP contribution < -0.4 is 4.74 Å². The maximum absolute atomic E-state index is 14.4. The second kappa shape index (κ2) is 11.8. The summed E-state index contributed by atoms with van der Waals surface area (Å²) in [5, 5.41) is 0. The Morgan fingerprint density at radius 1 is 0.857 bits per heavy atom. The molecule has 1 unspecified atom stereocenters. The van der Waals surface area contributed by atoms with E-state index in [-0.39, 0.29) is 5.82 Å². The molecule has 2 aliphatic rings. The van der Waals surface area contributed by atoms with Crippen LogP contribution in [0.15, 0.2) is 24.7 Å². The van der Waals surface area contributed by atoms with Gasteiger partial charge in [0.2, 0.25) is 5.88 Å². The summed E-state index contributed by atoms with van der Waals surface area (Å²) in [7, 11) is 0. The summed E-state index contributed by atoms with van der Waals surface area (Å²) in [6, 6.07) is 2.14. The molecule has 0 saturated heterocycles. The monoisotopic (exact) mass is 480 g/mol. The van der Waals surface area contributed by atoms with Crippen molar-refractivity contribution in [3.63, 3.8) is 0 Å². The SMILES string of the molecule is Cc1cncc(F)c1C1CCC(C(C)CCOc2nccc(C)c2C2CCC(C(C)C)CC2)CC1. The number of hydrogen-bond donors (Lipinski definition) is 0. The van der Waals surface area contributed by atoms with Crippen molar-refractivity contribution in [2.75, 3.05) is 6.61 Å². The number of pyridine rings is 2. The van der Waals surface area contributed by atoms with Gasteiger partial charge in [0, 0.05) is 18.0 Å². The van der Waals surface area contributed by atoms with Gasteiger partial charge in [-0.1, -0.05) is 20.8 Å². The number of nitrogens with zero attached hydrogens (tertiary/aromatic N) is 2. The highest BCUT2D eigenvalue weighted by atomic mass is 19.1. The van der Waals surface area contributed by atoms with Gasteiger partial charge in [0.1, 0.15) is 5.82 Å². The Hall–Kier alpha value is -1.97. The van der Waals surface area contributed by atoms with Crippen molar-refractivity contribution in [1.29, 1.82) is 0 Å². The zero-order valence-corrected chi connectivity index (χ0v) is 22.5. The van der Waals surface area contributed by atoms with Gasteiger partial charge in [-0.3, -0.25) is 4.98 Å². The average Bonchev–Trinajstić information content (AvgIpc) is 2.84. The molecule has 2 fully saturated rings. The van der Waals surface area contributed by atoms with Crippen molar-refractivity contribution in [3.05, 3.63) is 52.7 Å². The molecular formula is C31H45FN2O. The zero-order valence-electron chi connectivity index (χ0n) is 22.5. The van der Waals surface area contributed by atoms with E-state index in [2.05, 4.69) is 43.7 Å². The predicted molar refractivity (Wildman–Crippen MR) is 141 cm³/mol. The Morgan fingerprint density at radius 2 is 1.49 bits per heavy atom. The van der Waals surface area contributed by atoms with Crippen LogP contribution in [0.3, 0.4) is 0 Å². The van der Waals surface area contributed by atoms with Gasteiger partial charge in [-0.25, -0.2) is 9.37 Å². The Morgan fingerprint density at radius 3 is 2.11 bits per heavy atom. The van der Waals surface area contributed by atoms with Crippen molar-refractivity contribution in [3.8, 4) is 5.88 Å². The maximum atomic E-state index is 14.4. The number of aromatic nitrogens is 2. The molecule has 2 aromatic rings. The average molecular weight is 481 g/mol. The van der Waals surface area contributed by atoms with E-state index in [1.54, 1.807) is 6.20 Å². The van der Waals surface area contributed by atoms with Crippen LogP contribution in [-0.2, 0) is 0 Å². The summed E-state index contributed by atoms with van der Waals surface area (Å²) in [4.78, 5) is 8.67. The Balaban J connectivity index is 1.29. The van der Waals surface area contributed by atoms with E-state index >= 15 is 0 Å². The molecule has 3 nitrogen and oxygen atoms in total. The molecule has 0 aromatic carbocycles. The van der Waals surface area contributed by atoms with Gasteiger partial charge in [0.05, 0.1) is 12.8 Å². The van der Waals surface area contributed by atoms with E-state index in [1.165, 1.54) is 55.8 Å². The summed E-state index contributed by atoms with van der Waals surface area (Å²) in [6.07, 6.45) is 15.7. The number of aryl methyl sites for hydroxylation is 2. The molecule has 0 bridgehead atoms. The minimum absolute atomic E-state index is 0.131. The lowest BCUT2D eigenvalue weighted by molar-refractivity contribution is 0.194. The van der Waals surface area contributed by atoms with E-state index in [0.29, 0.717) is 23.7 Å². The zero-order chi connectivity index (χ0) is 24.9. The first-order chi connectivity index (χ1) is 16.8. The van der Waals surface area contributed by atoms with E-state index in [4.69, 9.17) is 4.74 Å². The lowest BCUT2D eigenvalue weighted by atomic mass is 9.73. The molecule has 192 valence electrons. The number of hydrogen-bond acceptors (Lipinski definition) is 3. The van der Waals surface area contributed by atoms with Crippen LogP contribution in [0.2, 0.25) is 0 Å². The summed E-state index contributed by atoms with van der Waals surface area (Å²) in [5.41, 5.74) is 4.58. The minimum atomic E-state index is -0.131. The molecule has 0 aliphatic heterocycles. The highest BCUT2D eigenvalue weighted by Crippen LogP contribution is 2.43. The van der Waals surface area contributed by atoms with E-state index in [1.807, 2.05) is 13.1 Å². The van der Waals surface area contributed by atoms with Gasteiger partial charge in [0.25, 0.3) is 0 Å². The lowest BCUT2D eigenvalue weighted by Crippen LogP contribution is -2.22. The first kappa shape index (κ1) is 26.1. The van der Waals surface area contributed by atoms with Gasteiger partial charge < -0.3 is 4.74 Å². The maximum Gasteiger partial charge on any atom is 0.217 e. The summed E-state index contributed by atoms with van der Waals surface area (Å²) >= 11 is 0. The Labute approximate surface area is 212 Å². The third kappa shape index (κ3) is 6.24. The van der Waals surface area contributed by atoms with Crippen molar-refractivity contribution in [2.45, 2.75) is 104 Å². The van der Waals surface area contributed by atoms with Crippen LogP contribution in [-0.4, -0.2) is 16.6 Å². The van der Waals surface area contributed by atoms with Crippen molar-refractivity contribution in [2.24, 2.45) is 23.7 Å². The standard InChI is InChI=1S/C31H45FN2O/c1-20(2)24-6-10-27(11-7-24)30-22(4)14-16-34-31(30)35-17-15-21(3)25-8-12-26(13-9-25)29-23(5)18-33-19-28(29)32/h14,16,18-21,24-27H,6-13,15,17H2,1-5H3. The number of rotatable bonds is 8. The third-order valence-electron chi connectivity index (χ3n) is 9.23. The third-order valence-corrected chi connectivity index (χ3v) is 9.23. The second-order valence-corrected chi connectivity index (χ2v) is 11.8. The van der Waals surface area contributed by atoms with Gasteiger partial charge >= 0.3 is 0 Å².